The Morgan fingerprint density at radius 1 is 1.39 bits per heavy atom. The summed E-state index contributed by atoms with van der Waals surface area (Å²) in [5.41, 5.74) is -0.152. The number of amides is 2. The fourth-order valence-corrected chi connectivity index (χ4v) is 2.37. The molecule has 0 N–H and O–H groups in total. The minimum Gasteiger partial charge on any atom is -0.274 e. The quantitative estimate of drug-likeness (QED) is 0.298. The van der Waals surface area contributed by atoms with Crippen molar-refractivity contribution in [3.8, 4) is 0 Å². The van der Waals surface area contributed by atoms with Crippen LogP contribution in [0, 0.1) is 10.1 Å². The van der Waals surface area contributed by atoms with Crippen molar-refractivity contribution in [2.75, 3.05) is 4.90 Å². The lowest BCUT2D eigenvalue weighted by Gasteiger charge is -2.15. The van der Waals surface area contributed by atoms with Gasteiger partial charge in [0.25, 0.3) is 5.69 Å². The maximum Gasteiger partial charge on any atom is 0.289 e. The Labute approximate surface area is 111 Å². The molecule has 94 valence electrons. The molecule has 0 saturated carbocycles. The molecule has 1 fully saturated rings. The highest BCUT2D eigenvalue weighted by atomic mass is 33.1. The molecule has 0 aromatic carbocycles. The summed E-state index contributed by atoms with van der Waals surface area (Å²) < 4.78 is 0. The second kappa shape index (κ2) is 4.94. The average molecular weight is 285 g/mol. The minimum absolute atomic E-state index is 0.109. The van der Waals surface area contributed by atoms with Crippen LogP contribution in [0.25, 0.3) is 0 Å². The van der Waals surface area contributed by atoms with Crippen LogP contribution in [0.3, 0.4) is 0 Å². The maximum atomic E-state index is 11.6. The molecule has 0 unspecified atom stereocenters. The van der Waals surface area contributed by atoms with Gasteiger partial charge in [-0.2, -0.15) is 0 Å². The summed E-state index contributed by atoms with van der Waals surface area (Å²) in [5.74, 6) is -0.767. The van der Waals surface area contributed by atoms with E-state index in [-0.39, 0.29) is 41.1 Å². The van der Waals surface area contributed by atoms with Crippen LogP contribution in [0.2, 0.25) is 0 Å². The molecule has 0 spiro atoms. The zero-order valence-electron chi connectivity index (χ0n) is 8.90. The Morgan fingerprint density at radius 2 is 2.00 bits per heavy atom. The van der Waals surface area contributed by atoms with Crippen molar-refractivity contribution in [3.05, 3.63) is 22.4 Å². The number of imide groups is 1. The van der Waals surface area contributed by atoms with Gasteiger partial charge >= 0.3 is 0 Å². The van der Waals surface area contributed by atoms with Gasteiger partial charge in [0.1, 0.15) is 11.2 Å². The first kappa shape index (κ1) is 12.8. The molecule has 1 aliphatic rings. The monoisotopic (exact) mass is 285 g/mol. The van der Waals surface area contributed by atoms with Gasteiger partial charge in [-0.25, -0.2) is 9.88 Å². The summed E-state index contributed by atoms with van der Waals surface area (Å²) in [6.07, 6.45) is 1.28. The third-order valence-electron chi connectivity index (χ3n) is 2.41. The molecule has 1 aromatic heterocycles. The van der Waals surface area contributed by atoms with E-state index in [1.807, 2.05) is 0 Å². The van der Waals surface area contributed by atoms with E-state index in [2.05, 4.69) is 16.6 Å². The number of thiol groups is 1. The molecular weight excluding hydrogens is 278 g/mol. The van der Waals surface area contributed by atoms with E-state index in [1.165, 1.54) is 0 Å². The van der Waals surface area contributed by atoms with Crippen LogP contribution < -0.4 is 4.90 Å². The number of carbonyl (C=O) groups is 2. The molecule has 0 aliphatic carbocycles. The topological polar surface area (TPSA) is 93.4 Å². The molecule has 2 amide bonds. The lowest BCUT2D eigenvalue weighted by molar-refractivity contribution is -0.385. The van der Waals surface area contributed by atoms with Crippen molar-refractivity contribution in [2.45, 2.75) is 17.9 Å². The Balaban J connectivity index is 2.53. The zero-order chi connectivity index (χ0) is 13.3. The number of carbonyl (C=O) groups excluding carboxylic acids is 2. The number of aromatic nitrogens is 1. The van der Waals surface area contributed by atoms with Crippen molar-refractivity contribution in [1.82, 2.24) is 4.98 Å². The Hall–Kier alpha value is -1.61. The highest BCUT2D eigenvalue weighted by molar-refractivity contribution is 8.68. The van der Waals surface area contributed by atoms with Gasteiger partial charge < -0.3 is 0 Å². The van der Waals surface area contributed by atoms with E-state index in [4.69, 9.17) is 0 Å². The van der Waals surface area contributed by atoms with Gasteiger partial charge in [-0.3, -0.25) is 19.7 Å². The van der Waals surface area contributed by atoms with Crippen molar-refractivity contribution >= 4 is 45.6 Å². The summed E-state index contributed by atoms with van der Waals surface area (Å²) in [4.78, 5) is 38.0. The second-order valence-corrected chi connectivity index (χ2v) is 4.61. The molecule has 0 atom stereocenters. The van der Waals surface area contributed by atoms with E-state index >= 15 is 0 Å². The first-order valence-electron chi connectivity index (χ1n) is 4.86. The molecule has 1 saturated heterocycles. The van der Waals surface area contributed by atoms with Crippen LogP contribution in [0.1, 0.15) is 12.8 Å². The van der Waals surface area contributed by atoms with Crippen molar-refractivity contribution in [3.63, 3.8) is 0 Å². The van der Waals surface area contributed by atoms with Gasteiger partial charge in [0.15, 0.2) is 0 Å². The number of nitrogens with zero attached hydrogens (tertiary/aromatic N) is 3. The van der Waals surface area contributed by atoms with Crippen LogP contribution in [0.5, 0.6) is 0 Å². The standard InChI is InChI=1S/C9H7N3O4S2/c13-7-1-2-8(14)11(7)6-3-5(12(15)16)4-10-9(6)18-17/h3-4,17H,1-2H2. The number of anilines is 1. The summed E-state index contributed by atoms with van der Waals surface area (Å²) >= 11 is 3.95. The molecule has 0 radical (unpaired) electrons. The first-order valence-corrected chi connectivity index (χ1v) is 6.73. The molecule has 7 nitrogen and oxygen atoms in total. The summed E-state index contributed by atoms with van der Waals surface area (Å²) in [6, 6.07) is 1.16. The molecule has 18 heavy (non-hydrogen) atoms. The van der Waals surface area contributed by atoms with E-state index in [1.54, 1.807) is 0 Å². The van der Waals surface area contributed by atoms with E-state index in [0.29, 0.717) is 0 Å². The van der Waals surface area contributed by atoms with E-state index in [0.717, 1.165) is 28.0 Å². The lowest BCUT2D eigenvalue weighted by Crippen LogP contribution is -2.29. The minimum atomic E-state index is -0.630. The lowest BCUT2D eigenvalue weighted by atomic mass is 10.3. The normalized spacial score (nSPS) is 15.3. The molecule has 1 aliphatic heterocycles. The van der Waals surface area contributed by atoms with Gasteiger partial charge in [-0.15, -0.1) is 11.7 Å². The van der Waals surface area contributed by atoms with Gasteiger partial charge in [-0.05, 0) is 10.8 Å². The fraction of sp³-hybridized carbons (Fsp3) is 0.222. The maximum absolute atomic E-state index is 11.6. The predicted molar refractivity (Wildman–Crippen MR) is 67.5 cm³/mol. The van der Waals surface area contributed by atoms with E-state index in [9.17, 15) is 19.7 Å². The van der Waals surface area contributed by atoms with Crippen LogP contribution in [-0.2, 0) is 9.59 Å². The van der Waals surface area contributed by atoms with Gasteiger partial charge in [0.05, 0.1) is 10.6 Å². The molecule has 2 heterocycles. The van der Waals surface area contributed by atoms with Crippen molar-refractivity contribution in [2.24, 2.45) is 0 Å². The molecule has 0 bridgehead atoms. The third kappa shape index (κ3) is 2.18. The predicted octanol–water partition coefficient (Wildman–Crippen LogP) is 1.58. The Morgan fingerprint density at radius 3 is 2.50 bits per heavy atom. The van der Waals surface area contributed by atoms with Gasteiger partial charge in [0, 0.05) is 18.9 Å². The highest BCUT2D eigenvalue weighted by Crippen LogP contribution is 2.35. The zero-order valence-corrected chi connectivity index (χ0v) is 10.6. The number of nitro groups is 1. The molecular formula is C9H7N3O4S2. The Kier molecular flexibility index (Phi) is 3.53. The number of hydrogen-bond acceptors (Lipinski definition) is 7. The van der Waals surface area contributed by atoms with Crippen LogP contribution >= 0.6 is 22.5 Å². The molecule has 1 aromatic rings. The first-order chi connectivity index (χ1) is 8.54. The number of hydrogen-bond donors (Lipinski definition) is 1. The summed E-state index contributed by atoms with van der Waals surface area (Å²) in [6.45, 7) is 0. The van der Waals surface area contributed by atoms with Crippen molar-refractivity contribution in [1.29, 1.82) is 0 Å². The van der Waals surface area contributed by atoms with Crippen molar-refractivity contribution < 1.29 is 14.5 Å². The largest absolute Gasteiger partial charge is 0.289 e. The molecule has 2 rings (SSSR count). The van der Waals surface area contributed by atoms with Gasteiger partial charge in [0.2, 0.25) is 11.8 Å². The Bertz CT molecular complexity index is 533. The third-order valence-corrected chi connectivity index (χ3v) is 3.41. The number of pyridine rings is 1. The molecule has 9 heteroatoms. The highest BCUT2D eigenvalue weighted by Gasteiger charge is 2.33. The smallest absolute Gasteiger partial charge is 0.274 e. The SMILES string of the molecule is O=C1CCC(=O)N1c1cc([N+](=O)[O-])cnc1SS. The van der Waals surface area contributed by atoms with Crippen LogP contribution in [-0.4, -0.2) is 21.7 Å². The number of rotatable bonds is 3. The van der Waals surface area contributed by atoms with Crippen LogP contribution in [0.15, 0.2) is 17.3 Å². The summed E-state index contributed by atoms with van der Waals surface area (Å²) in [5, 5.41) is 11.0. The van der Waals surface area contributed by atoms with Crippen LogP contribution in [0.4, 0.5) is 11.4 Å². The fourth-order valence-electron chi connectivity index (χ4n) is 1.61. The van der Waals surface area contributed by atoms with E-state index < -0.39 is 4.92 Å². The summed E-state index contributed by atoms with van der Waals surface area (Å²) in [7, 11) is 0.921. The van der Waals surface area contributed by atoms with Gasteiger partial charge in [-0.1, -0.05) is 0 Å². The second-order valence-electron chi connectivity index (χ2n) is 3.49. The average Bonchev–Trinajstić information content (AvgIpc) is 2.68.